The molecule has 3 aromatic carbocycles. The summed E-state index contributed by atoms with van der Waals surface area (Å²) in [6, 6.07) is 21.7. The lowest BCUT2D eigenvalue weighted by Crippen LogP contribution is -2.43. The molecular weight excluding hydrogens is 410 g/mol. The van der Waals surface area contributed by atoms with E-state index in [9.17, 15) is 19.2 Å². The summed E-state index contributed by atoms with van der Waals surface area (Å²) in [5, 5.41) is 4.81. The van der Waals surface area contributed by atoms with E-state index >= 15 is 0 Å². The van der Waals surface area contributed by atoms with E-state index in [4.69, 9.17) is 4.74 Å². The standard InChI is InChI=1S/C24H23N3O5/c28-21(25-20-13-6-11-17-8-4-5-12-19(17)20)14-7-15-23(30)32-16-22(29)26-27-24(31)18-9-2-1-3-10-18/h1-6,8-13H,7,14-16H2,(H,25,28)(H,26,29)(H,27,31). The molecule has 3 rings (SSSR count). The zero-order valence-corrected chi connectivity index (χ0v) is 17.3. The van der Waals surface area contributed by atoms with Crippen molar-refractivity contribution in [1.82, 2.24) is 10.9 Å². The average Bonchev–Trinajstić information content (AvgIpc) is 2.82. The van der Waals surface area contributed by atoms with Crippen molar-refractivity contribution in [1.29, 1.82) is 0 Å². The number of carbonyl (C=O) groups excluding carboxylic acids is 4. The maximum atomic E-state index is 12.2. The Morgan fingerprint density at radius 2 is 1.44 bits per heavy atom. The van der Waals surface area contributed by atoms with Crippen LogP contribution in [0.5, 0.6) is 0 Å². The van der Waals surface area contributed by atoms with Crippen LogP contribution in [0, 0.1) is 0 Å². The van der Waals surface area contributed by atoms with Gasteiger partial charge in [-0.15, -0.1) is 0 Å². The summed E-state index contributed by atoms with van der Waals surface area (Å²) >= 11 is 0. The van der Waals surface area contributed by atoms with Gasteiger partial charge in [-0.3, -0.25) is 30.0 Å². The molecule has 0 aliphatic heterocycles. The number of ether oxygens (including phenoxy) is 1. The molecule has 0 saturated heterocycles. The fraction of sp³-hybridized carbons (Fsp3) is 0.167. The highest BCUT2D eigenvalue weighted by Crippen LogP contribution is 2.23. The maximum absolute atomic E-state index is 12.2. The molecule has 0 unspecified atom stereocenters. The fourth-order valence-corrected chi connectivity index (χ4v) is 2.98. The Balaban J connectivity index is 1.33. The predicted molar refractivity (Wildman–Crippen MR) is 119 cm³/mol. The monoisotopic (exact) mass is 433 g/mol. The van der Waals surface area contributed by atoms with Crippen molar-refractivity contribution in [3.63, 3.8) is 0 Å². The molecule has 0 bridgehead atoms. The summed E-state index contributed by atoms with van der Waals surface area (Å²) in [6.07, 6.45) is 0.409. The molecule has 0 atom stereocenters. The number of hydrazine groups is 1. The van der Waals surface area contributed by atoms with Crippen LogP contribution >= 0.6 is 0 Å². The van der Waals surface area contributed by atoms with Crippen LogP contribution in [0.1, 0.15) is 29.6 Å². The molecule has 0 spiro atoms. The number of amides is 3. The second-order valence-electron chi connectivity index (χ2n) is 6.96. The van der Waals surface area contributed by atoms with Gasteiger partial charge in [-0.05, 0) is 30.0 Å². The number of fused-ring (bicyclic) bond motifs is 1. The van der Waals surface area contributed by atoms with Gasteiger partial charge in [-0.2, -0.15) is 0 Å². The van der Waals surface area contributed by atoms with E-state index in [1.165, 1.54) is 0 Å². The van der Waals surface area contributed by atoms with Crippen LogP contribution in [0.3, 0.4) is 0 Å². The maximum Gasteiger partial charge on any atom is 0.306 e. The molecule has 0 aromatic heterocycles. The third-order valence-electron chi connectivity index (χ3n) is 4.56. The third kappa shape index (κ3) is 6.66. The number of rotatable bonds is 8. The van der Waals surface area contributed by atoms with Gasteiger partial charge in [0, 0.05) is 29.5 Å². The Hall–Kier alpha value is -4.20. The third-order valence-corrected chi connectivity index (χ3v) is 4.56. The molecule has 3 N–H and O–H groups in total. The van der Waals surface area contributed by atoms with Crippen LogP contribution in [0.2, 0.25) is 0 Å². The van der Waals surface area contributed by atoms with Gasteiger partial charge in [0.25, 0.3) is 11.8 Å². The van der Waals surface area contributed by atoms with Crippen molar-refractivity contribution in [3.8, 4) is 0 Å². The van der Waals surface area contributed by atoms with Crippen molar-refractivity contribution in [2.75, 3.05) is 11.9 Å². The van der Waals surface area contributed by atoms with Gasteiger partial charge < -0.3 is 10.1 Å². The molecule has 0 saturated carbocycles. The highest BCUT2D eigenvalue weighted by molar-refractivity contribution is 6.02. The van der Waals surface area contributed by atoms with Gasteiger partial charge in [-0.25, -0.2) is 0 Å². The summed E-state index contributed by atoms with van der Waals surface area (Å²) in [4.78, 5) is 47.5. The van der Waals surface area contributed by atoms with Crippen LogP contribution in [0.15, 0.2) is 72.8 Å². The van der Waals surface area contributed by atoms with Crippen molar-refractivity contribution in [3.05, 3.63) is 78.4 Å². The van der Waals surface area contributed by atoms with E-state index in [0.717, 1.165) is 10.8 Å². The zero-order chi connectivity index (χ0) is 22.8. The van der Waals surface area contributed by atoms with Gasteiger partial charge in [-0.1, -0.05) is 54.6 Å². The number of anilines is 1. The number of hydrogen-bond donors (Lipinski definition) is 3. The first kappa shape index (κ1) is 22.5. The van der Waals surface area contributed by atoms with Crippen LogP contribution < -0.4 is 16.2 Å². The Labute approximate surface area is 184 Å². The highest BCUT2D eigenvalue weighted by Gasteiger charge is 2.11. The summed E-state index contributed by atoms with van der Waals surface area (Å²) in [7, 11) is 0. The lowest BCUT2D eigenvalue weighted by molar-refractivity contribution is -0.148. The van der Waals surface area contributed by atoms with Gasteiger partial charge in [0.15, 0.2) is 6.61 Å². The van der Waals surface area contributed by atoms with Gasteiger partial charge >= 0.3 is 5.97 Å². The largest absolute Gasteiger partial charge is 0.455 e. The number of carbonyl (C=O) groups is 4. The summed E-state index contributed by atoms with van der Waals surface area (Å²) < 4.78 is 4.87. The van der Waals surface area contributed by atoms with E-state index in [2.05, 4.69) is 16.2 Å². The van der Waals surface area contributed by atoms with Gasteiger partial charge in [0.2, 0.25) is 5.91 Å². The Morgan fingerprint density at radius 3 is 2.25 bits per heavy atom. The first-order valence-electron chi connectivity index (χ1n) is 10.1. The summed E-state index contributed by atoms with van der Waals surface area (Å²) in [6.45, 7) is -0.532. The van der Waals surface area contributed by atoms with Gasteiger partial charge in [0.1, 0.15) is 0 Å². The Kier molecular flexibility index (Phi) is 7.91. The van der Waals surface area contributed by atoms with Crippen molar-refractivity contribution < 1.29 is 23.9 Å². The van der Waals surface area contributed by atoms with Crippen LogP contribution in [0.25, 0.3) is 10.8 Å². The molecule has 8 heteroatoms. The number of benzene rings is 3. The lowest BCUT2D eigenvalue weighted by Gasteiger charge is -2.09. The smallest absolute Gasteiger partial charge is 0.306 e. The molecule has 0 heterocycles. The second-order valence-corrected chi connectivity index (χ2v) is 6.96. The average molecular weight is 433 g/mol. The van der Waals surface area contributed by atoms with Crippen LogP contribution in [0.4, 0.5) is 5.69 Å². The van der Waals surface area contributed by atoms with E-state index < -0.39 is 24.4 Å². The molecule has 0 fully saturated rings. The van der Waals surface area contributed by atoms with Crippen molar-refractivity contribution >= 4 is 40.2 Å². The summed E-state index contributed by atoms with van der Waals surface area (Å²) in [5.41, 5.74) is 5.50. The first-order valence-corrected chi connectivity index (χ1v) is 10.1. The molecule has 3 aromatic rings. The zero-order valence-electron chi connectivity index (χ0n) is 17.3. The van der Waals surface area contributed by atoms with Crippen LogP contribution in [-0.4, -0.2) is 30.3 Å². The molecule has 0 aliphatic rings. The molecular formula is C24H23N3O5. The van der Waals surface area contributed by atoms with E-state index in [0.29, 0.717) is 11.3 Å². The molecule has 8 nitrogen and oxygen atoms in total. The molecule has 164 valence electrons. The Morgan fingerprint density at radius 1 is 0.719 bits per heavy atom. The van der Waals surface area contributed by atoms with Crippen molar-refractivity contribution in [2.24, 2.45) is 0 Å². The van der Waals surface area contributed by atoms with Crippen molar-refractivity contribution in [2.45, 2.75) is 19.3 Å². The quantitative estimate of drug-likeness (QED) is 0.373. The van der Waals surface area contributed by atoms with Crippen LogP contribution in [-0.2, 0) is 19.1 Å². The number of esters is 1. The van der Waals surface area contributed by atoms with Gasteiger partial charge in [0.05, 0.1) is 0 Å². The summed E-state index contributed by atoms with van der Waals surface area (Å²) in [5.74, 6) is -1.97. The Bertz CT molecular complexity index is 1110. The molecule has 0 radical (unpaired) electrons. The minimum atomic E-state index is -0.670. The normalized spacial score (nSPS) is 10.2. The highest BCUT2D eigenvalue weighted by atomic mass is 16.5. The minimum Gasteiger partial charge on any atom is -0.455 e. The lowest BCUT2D eigenvalue weighted by atomic mass is 10.1. The molecule has 32 heavy (non-hydrogen) atoms. The van der Waals surface area contributed by atoms with E-state index in [1.54, 1.807) is 30.3 Å². The fourth-order valence-electron chi connectivity index (χ4n) is 2.98. The molecule has 0 aliphatic carbocycles. The topological polar surface area (TPSA) is 114 Å². The number of nitrogens with one attached hydrogen (secondary N) is 3. The second kappa shape index (κ2) is 11.3. The predicted octanol–water partition coefficient (Wildman–Crippen LogP) is 2.95. The first-order chi connectivity index (χ1) is 15.5. The number of hydrogen-bond acceptors (Lipinski definition) is 5. The van der Waals surface area contributed by atoms with E-state index in [1.807, 2.05) is 42.5 Å². The molecule has 3 amide bonds. The SMILES string of the molecule is O=C(COC(=O)CCCC(=O)Nc1cccc2ccccc12)NNC(=O)c1ccccc1. The van der Waals surface area contributed by atoms with E-state index in [-0.39, 0.29) is 25.2 Å². The minimum absolute atomic E-state index is 0.00733.